The highest BCUT2D eigenvalue weighted by Gasteiger charge is 2.15. The highest BCUT2D eigenvalue weighted by atomic mass is 35.5. The number of benzene rings is 1. The van der Waals surface area contributed by atoms with Crippen LogP contribution in [-0.2, 0) is 9.53 Å². The average Bonchev–Trinajstić information content (AvgIpc) is 3.08. The lowest BCUT2D eigenvalue weighted by molar-refractivity contribution is -0.116. The van der Waals surface area contributed by atoms with Gasteiger partial charge in [0, 0.05) is 43.9 Å². The number of nitrogens with one attached hydrogen (secondary N) is 3. The van der Waals surface area contributed by atoms with Gasteiger partial charge in [0.05, 0.1) is 6.10 Å². The molecule has 6 nitrogen and oxygen atoms in total. The van der Waals surface area contributed by atoms with E-state index in [9.17, 15) is 4.79 Å². The third-order valence-corrected chi connectivity index (χ3v) is 4.34. The molecule has 1 aliphatic heterocycles. The minimum atomic E-state index is -0.0672. The first-order valence-electron chi connectivity index (χ1n) is 8.21. The Kier molecular flexibility index (Phi) is 7.34. The van der Waals surface area contributed by atoms with Crippen molar-refractivity contribution >= 4 is 29.2 Å². The summed E-state index contributed by atoms with van der Waals surface area (Å²) >= 11 is 6.05. The molecule has 1 unspecified atom stereocenters. The van der Waals surface area contributed by atoms with E-state index in [1.54, 1.807) is 13.1 Å². The second-order valence-corrected chi connectivity index (χ2v) is 6.13. The fourth-order valence-electron chi connectivity index (χ4n) is 2.49. The maximum atomic E-state index is 12.0. The molecule has 1 heterocycles. The van der Waals surface area contributed by atoms with Crippen LogP contribution in [0.1, 0.15) is 24.8 Å². The van der Waals surface area contributed by atoms with E-state index in [4.69, 9.17) is 16.3 Å². The minimum absolute atomic E-state index is 0.0672. The number of anilines is 1. The average molecular weight is 353 g/mol. The molecule has 24 heavy (non-hydrogen) atoms. The van der Waals surface area contributed by atoms with Crippen LogP contribution in [0.3, 0.4) is 0 Å². The molecule has 7 heteroatoms. The Labute approximate surface area is 148 Å². The van der Waals surface area contributed by atoms with E-state index < -0.39 is 0 Å². The fourth-order valence-corrected chi connectivity index (χ4v) is 2.66. The lowest BCUT2D eigenvalue weighted by atomic mass is 10.2. The summed E-state index contributed by atoms with van der Waals surface area (Å²) in [6.45, 7) is 3.94. The fraction of sp³-hybridized carbons (Fsp3) is 0.529. The van der Waals surface area contributed by atoms with E-state index in [1.165, 1.54) is 0 Å². The summed E-state index contributed by atoms with van der Waals surface area (Å²) < 4.78 is 5.56. The van der Waals surface area contributed by atoms with Crippen LogP contribution in [0.2, 0.25) is 5.02 Å². The second-order valence-electron chi connectivity index (χ2n) is 5.73. The van der Waals surface area contributed by atoms with Crippen molar-refractivity contribution in [1.82, 2.24) is 10.6 Å². The first-order chi connectivity index (χ1) is 11.6. The summed E-state index contributed by atoms with van der Waals surface area (Å²) in [4.78, 5) is 16.2. The highest BCUT2D eigenvalue weighted by Crippen LogP contribution is 2.22. The number of rotatable bonds is 6. The van der Waals surface area contributed by atoms with Crippen LogP contribution in [0.25, 0.3) is 0 Å². The lowest BCUT2D eigenvalue weighted by Crippen LogP contribution is -2.41. The largest absolute Gasteiger partial charge is 0.376 e. The van der Waals surface area contributed by atoms with E-state index in [0.717, 1.165) is 37.2 Å². The van der Waals surface area contributed by atoms with Gasteiger partial charge in [0.15, 0.2) is 5.96 Å². The Morgan fingerprint density at radius 1 is 1.42 bits per heavy atom. The molecule has 1 aromatic rings. The van der Waals surface area contributed by atoms with Crippen LogP contribution in [0.15, 0.2) is 23.2 Å². The molecule has 2 rings (SSSR count). The van der Waals surface area contributed by atoms with Crippen LogP contribution in [0.4, 0.5) is 5.69 Å². The number of carbonyl (C=O) groups excluding carboxylic acids is 1. The van der Waals surface area contributed by atoms with Gasteiger partial charge >= 0.3 is 0 Å². The summed E-state index contributed by atoms with van der Waals surface area (Å²) in [5, 5.41) is 9.87. The Balaban J connectivity index is 1.69. The summed E-state index contributed by atoms with van der Waals surface area (Å²) in [6, 6.07) is 5.46. The maximum absolute atomic E-state index is 12.0. The minimum Gasteiger partial charge on any atom is -0.376 e. The number of halogens is 1. The number of hydrogen-bond acceptors (Lipinski definition) is 3. The van der Waals surface area contributed by atoms with Gasteiger partial charge in [0.1, 0.15) is 0 Å². The lowest BCUT2D eigenvalue weighted by Gasteiger charge is -2.15. The number of nitrogens with zero attached hydrogens (tertiary/aromatic N) is 1. The van der Waals surface area contributed by atoms with Crippen molar-refractivity contribution in [2.24, 2.45) is 4.99 Å². The van der Waals surface area contributed by atoms with E-state index >= 15 is 0 Å². The first-order valence-corrected chi connectivity index (χ1v) is 8.59. The molecule has 3 N–H and O–H groups in total. The summed E-state index contributed by atoms with van der Waals surface area (Å²) in [5.74, 6) is 0.611. The predicted molar refractivity (Wildman–Crippen MR) is 97.8 cm³/mol. The molecule has 1 fully saturated rings. The van der Waals surface area contributed by atoms with E-state index in [-0.39, 0.29) is 12.0 Å². The number of ether oxygens (including phenoxy) is 1. The summed E-state index contributed by atoms with van der Waals surface area (Å²) in [5.41, 5.74) is 1.61. The Bertz CT molecular complexity index is 586. The molecule has 0 spiro atoms. The van der Waals surface area contributed by atoms with Crippen molar-refractivity contribution in [3.63, 3.8) is 0 Å². The molecule has 1 atom stereocenters. The van der Waals surface area contributed by atoms with E-state index in [2.05, 4.69) is 20.9 Å². The van der Waals surface area contributed by atoms with Crippen LogP contribution in [0.5, 0.6) is 0 Å². The zero-order chi connectivity index (χ0) is 17.4. The van der Waals surface area contributed by atoms with Crippen LogP contribution in [0, 0.1) is 6.92 Å². The number of carbonyl (C=O) groups is 1. The van der Waals surface area contributed by atoms with Gasteiger partial charge in [-0.2, -0.15) is 0 Å². The van der Waals surface area contributed by atoms with Crippen LogP contribution >= 0.6 is 11.6 Å². The molecule has 0 aliphatic carbocycles. The number of hydrogen-bond donors (Lipinski definition) is 3. The van der Waals surface area contributed by atoms with Crippen molar-refractivity contribution in [3.8, 4) is 0 Å². The zero-order valence-corrected chi connectivity index (χ0v) is 14.9. The molecular weight excluding hydrogens is 328 g/mol. The molecule has 0 bridgehead atoms. The van der Waals surface area contributed by atoms with Crippen LogP contribution in [-0.4, -0.2) is 44.7 Å². The monoisotopic (exact) mass is 352 g/mol. The SMILES string of the molecule is CN=C(NCCC(=O)Nc1cccc(Cl)c1C)NCC1CCCO1. The molecular formula is C17H25ClN4O2. The molecule has 1 saturated heterocycles. The van der Waals surface area contributed by atoms with Crippen molar-refractivity contribution in [2.45, 2.75) is 32.3 Å². The quantitative estimate of drug-likeness (QED) is 0.542. The van der Waals surface area contributed by atoms with Gasteiger partial charge in [-0.25, -0.2) is 0 Å². The third kappa shape index (κ3) is 5.69. The molecule has 1 amide bonds. The summed E-state index contributed by atoms with van der Waals surface area (Å²) in [7, 11) is 1.71. The van der Waals surface area contributed by atoms with Crippen molar-refractivity contribution in [2.75, 3.05) is 32.1 Å². The number of aliphatic imine (C=N–C) groups is 1. The maximum Gasteiger partial charge on any atom is 0.226 e. The normalized spacial score (nSPS) is 17.6. The Morgan fingerprint density at radius 3 is 2.96 bits per heavy atom. The Hall–Kier alpha value is -1.79. The third-order valence-electron chi connectivity index (χ3n) is 3.93. The van der Waals surface area contributed by atoms with Crippen molar-refractivity contribution < 1.29 is 9.53 Å². The van der Waals surface area contributed by atoms with Crippen LogP contribution < -0.4 is 16.0 Å². The van der Waals surface area contributed by atoms with E-state index in [1.807, 2.05) is 19.1 Å². The topological polar surface area (TPSA) is 74.8 Å². The van der Waals surface area contributed by atoms with E-state index in [0.29, 0.717) is 23.9 Å². The first kappa shape index (κ1) is 18.5. The molecule has 0 saturated carbocycles. The van der Waals surface area contributed by atoms with Crippen molar-refractivity contribution in [3.05, 3.63) is 28.8 Å². The number of amides is 1. The smallest absolute Gasteiger partial charge is 0.226 e. The standard InChI is InChI=1S/C17H25ClN4O2/c1-12-14(18)6-3-7-15(12)22-16(23)8-9-20-17(19-2)21-11-13-5-4-10-24-13/h3,6-7,13H,4-5,8-11H2,1-2H3,(H,22,23)(H2,19,20,21). The predicted octanol–water partition coefficient (Wildman–Crippen LogP) is 2.32. The van der Waals surface area contributed by atoms with Gasteiger partial charge in [-0.05, 0) is 37.5 Å². The van der Waals surface area contributed by atoms with Gasteiger partial charge in [-0.3, -0.25) is 9.79 Å². The van der Waals surface area contributed by atoms with Gasteiger partial charge < -0.3 is 20.7 Å². The second kappa shape index (κ2) is 9.49. The zero-order valence-electron chi connectivity index (χ0n) is 14.2. The molecule has 1 aromatic carbocycles. The van der Waals surface area contributed by atoms with Gasteiger partial charge in [-0.1, -0.05) is 17.7 Å². The van der Waals surface area contributed by atoms with Gasteiger partial charge in [0.25, 0.3) is 0 Å². The Morgan fingerprint density at radius 2 is 2.25 bits per heavy atom. The van der Waals surface area contributed by atoms with Crippen molar-refractivity contribution in [1.29, 1.82) is 0 Å². The number of guanidine groups is 1. The molecule has 132 valence electrons. The summed E-state index contributed by atoms with van der Waals surface area (Å²) in [6.07, 6.45) is 2.78. The molecule has 1 aliphatic rings. The molecule has 0 radical (unpaired) electrons. The van der Waals surface area contributed by atoms with Gasteiger partial charge in [-0.15, -0.1) is 0 Å². The highest BCUT2D eigenvalue weighted by molar-refractivity contribution is 6.31. The molecule has 0 aromatic heterocycles. The van der Waals surface area contributed by atoms with Gasteiger partial charge in [0.2, 0.25) is 5.91 Å².